The van der Waals surface area contributed by atoms with E-state index in [1.165, 1.54) is 0 Å². The molecule has 2 fully saturated rings. The van der Waals surface area contributed by atoms with Crippen molar-refractivity contribution in [1.82, 2.24) is 9.80 Å². The average molecular weight is 779 g/mol. The molecule has 26 aromatic rings. The van der Waals surface area contributed by atoms with E-state index in [2.05, 4.69) is 23.9 Å². The van der Waals surface area contributed by atoms with Crippen molar-refractivity contribution in [2.24, 2.45) is 0 Å². The molecule has 4 spiro atoms. The van der Waals surface area contributed by atoms with E-state index < -0.39 is 0 Å². The Morgan fingerprint density at radius 1 is 0.156 bits per heavy atom. The number of nitrogens with zero attached hydrogens (tertiary/aromatic N) is 2. The molecule has 6 unspecified atom stereocenters. The number of hydrogen-bond donors (Lipinski definition) is 0. The average Bonchev–Trinajstić information content (AvgIpc) is 4.09. The summed E-state index contributed by atoms with van der Waals surface area (Å²) in [6, 6.07) is 0. The van der Waals surface area contributed by atoms with E-state index in [1.54, 1.807) is 303 Å². The van der Waals surface area contributed by atoms with E-state index in [0.717, 1.165) is 0 Å². The van der Waals surface area contributed by atoms with Gasteiger partial charge in [0.1, 0.15) is 11.1 Å². The summed E-state index contributed by atoms with van der Waals surface area (Å²) in [5, 5.41) is 84.6. The molecule has 0 saturated carbocycles. The van der Waals surface area contributed by atoms with Crippen LogP contribution in [0, 0.1) is 0 Å². The van der Waals surface area contributed by atoms with Gasteiger partial charge in [0.15, 0.2) is 0 Å². The second-order valence-corrected chi connectivity index (χ2v) is 25.0. The topological polar surface area (TPSA) is 6.02 Å². The van der Waals surface area contributed by atoms with Crippen molar-refractivity contribution in [3.05, 3.63) is 33.4 Å². The maximum atomic E-state index is 3.11. The number of likely N-dealkylation sites (N-methyl/N-ethyl adjacent to an activating group) is 2. The minimum atomic E-state index is -0.159. The molecule has 2 saturated heterocycles. The fourth-order valence-corrected chi connectivity index (χ4v) is 26.4. The standard InChI is InChI=1S/C62H6N2/c1-63-59-53-44-37-29-20-12-5-3-4-6-8-7(5)14-18(12)31(37)39-33-22(14)23-15(8)19-13(6)21-17-10(4)11-9(3)16(20)25-27-24(11)28-26(17)36-30(21)38-32(19)40-34(23)43(33)52-55(48(39)44)61(59,63)62-56(52)49(40)45(38)54-47(36)51-42(28)41(27)50(46(53)35(25)29)57(59)58(51)60(54,62)64(62)2/h1-2H3. The smallest absolute Gasteiger partial charge is 0.101 e. The fourth-order valence-electron chi connectivity index (χ4n) is 26.4. The molecule has 2 aliphatic heterocycles. The molecular weight excluding hydrogens is 773 g/mol. The van der Waals surface area contributed by atoms with Crippen molar-refractivity contribution in [2.75, 3.05) is 14.1 Å². The molecule has 26 aromatic carbocycles. The van der Waals surface area contributed by atoms with E-state index in [4.69, 9.17) is 0 Å². The summed E-state index contributed by atoms with van der Waals surface area (Å²) < 4.78 is 0. The third kappa shape index (κ3) is 0.984. The van der Waals surface area contributed by atoms with Gasteiger partial charge in [-0.1, -0.05) is 0 Å². The zero-order valence-corrected chi connectivity index (χ0v) is 32.9. The van der Waals surface area contributed by atoms with Crippen LogP contribution in [0.2, 0.25) is 0 Å². The van der Waals surface area contributed by atoms with Crippen LogP contribution in [-0.4, -0.2) is 23.9 Å². The zero-order chi connectivity index (χ0) is 37.5. The minimum Gasteiger partial charge on any atom is -0.277 e. The molecule has 2 heterocycles. The summed E-state index contributed by atoms with van der Waals surface area (Å²) in [4.78, 5) is 6.22. The summed E-state index contributed by atoms with van der Waals surface area (Å²) in [6.45, 7) is 0. The maximum absolute atomic E-state index is 3.11. The zero-order valence-electron chi connectivity index (χ0n) is 32.9. The molecule has 2 nitrogen and oxygen atoms in total. The number of hydrogen-bond acceptors (Lipinski definition) is 2. The number of benzene rings is 17. The van der Waals surface area contributed by atoms with Crippen LogP contribution in [0.25, 0.3) is 269 Å². The molecule has 0 aromatic heterocycles. The van der Waals surface area contributed by atoms with Crippen LogP contribution in [0.1, 0.15) is 33.4 Å². The van der Waals surface area contributed by atoms with E-state index >= 15 is 0 Å². The highest BCUT2D eigenvalue weighted by Crippen LogP contribution is 3.00. The third-order valence-electron chi connectivity index (χ3n) is 25.9. The molecule has 6 atom stereocenters. The highest BCUT2D eigenvalue weighted by Gasteiger charge is 3.03. The molecule has 6 aliphatic carbocycles. The Labute approximate surface area is 347 Å². The van der Waals surface area contributed by atoms with Gasteiger partial charge in [0, 0.05) is 0 Å². The predicted molar refractivity (Wildman–Crippen MR) is 264 cm³/mol. The molecule has 64 heavy (non-hydrogen) atoms. The van der Waals surface area contributed by atoms with Gasteiger partial charge in [-0.2, -0.15) is 0 Å². The largest absolute Gasteiger partial charge is 0.277 e. The van der Waals surface area contributed by atoms with Crippen molar-refractivity contribution in [3.8, 4) is 0 Å². The monoisotopic (exact) mass is 778 g/mol. The van der Waals surface area contributed by atoms with Crippen LogP contribution in [0.4, 0.5) is 0 Å². The lowest BCUT2D eigenvalue weighted by atomic mass is 9.58. The van der Waals surface area contributed by atoms with Crippen LogP contribution in [0.5, 0.6) is 0 Å². The van der Waals surface area contributed by atoms with Crippen LogP contribution in [0.3, 0.4) is 0 Å². The predicted octanol–water partition coefficient (Wildman–Crippen LogP) is 14.9. The van der Waals surface area contributed by atoms with Gasteiger partial charge < -0.3 is 0 Å². The highest BCUT2D eigenvalue weighted by molar-refractivity contribution is 6.81. The van der Waals surface area contributed by atoms with Gasteiger partial charge in [0.2, 0.25) is 0 Å². The lowest BCUT2D eigenvalue weighted by molar-refractivity contribution is 0.322. The van der Waals surface area contributed by atoms with Crippen molar-refractivity contribution in [1.29, 1.82) is 0 Å². The molecule has 34 rings (SSSR count). The first-order valence-electron chi connectivity index (χ1n) is 24.3. The molecule has 0 N–H and O–H groups in total. The third-order valence-corrected chi connectivity index (χ3v) is 25.9. The van der Waals surface area contributed by atoms with Crippen molar-refractivity contribution in [2.45, 2.75) is 22.2 Å². The van der Waals surface area contributed by atoms with Gasteiger partial charge in [0.25, 0.3) is 0 Å². The van der Waals surface area contributed by atoms with Crippen molar-refractivity contribution >= 4 is 269 Å². The second-order valence-electron chi connectivity index (χ2n) is 25.0. The first kappa shape index (κ1) is 22.3. The number of rotatable bonds is 0. The van der Waals surface area contributed by atoms with Crippen LogP contribution >= 0.6 is 0 Å². The quantitative estimate of drug-likeness (QED) is 0.112. The van der Waals surface area contributed by atoms with Crippen LogP contribution in [-0.2, 0) is 22.2 Å². The Morgan fingerprint density at radius 2 is 0.297 bits per heavy atom. The first-order valence-corrected chi connectivity index (χ1v) is 24.3. The Bertz CT molecular complexity index is 6730. The van der Waals surface area contributed by atoms with E-state index in [9.17, 15) is 0 Å². The van der Waals surface area contributed by atoms with E-state index in [-0.39, 0.29) is 22.2 Å². The lowest BCUT2D eigenvalue weighted by Gasteiger charge is -2.38. The Hall–Kier alpha value is -7.36. The summed E-state index contributed by atoms with van der Waals surface area (Å²) >= 11 is 0. The minimum absolute atomic E-state index is 0.134. The fraction of sp³-hybridized carbons (Fsp3) is 0.0968. The Balaban J connectivity index is 1.27. The lowest BCUT2D eigenvalue weighted by Crippen LogP contribution is -2.43. The van der Waals surface area contributed by atoms with E-state index in [0.29, 0.717) is 0 Å². The summed E-state index contributed by atoms with van der Waals surface area (Å²) in [5.41, 5.74) is 10.2. The van der Waals surface area contributed by atoms with Crippen molar-refractivity contribution in [3.63, 3.8) is 0 Å². The van der Waals surface area contributed by atoms with Gasteiger partial charge in [-0.25, -0.2) is 0 Å². The normalized spacial score (nSPS) is 31.2. The van der Waals surface area contributed by atoms with Crippen LogP contribution in [0.15, 0.2) is 0 Å². The molecule has 2 heteroatoms. The van der Waals surface area contributed by atoms with Gasteiger partial charge in [-0.15, -0.1) is 0 Å². The summed E-state index contributed by atoms with van der Waals surface area (Å²) in [6.07, 6.45) is 0. The summed E-state index contributed by atoms with van der Waals surface area (Å²) in [7, 11) is 5.32. The van der Waals surface area contributed by atoms with E-state index in [1.807, 2.05) is 0 Å². The van der Waals surface area contributed by atoms with Gasteiger partial charge in [0.05, 0.1) is 11.1 Å². The molecule has 264 valence electrons. The van der Waals surface area contributed by atoms with Gasteiger partial charge in [-0.05, 0) is 317 Å². The van der Waals surface area contributed by atoms with Gasteiger partial charge >= 0.3 is 0 Å². The first-order chi connectivity index (χ1) is 31.8. The molecular formula is C62H6N2. The molecule has 0 radical (unpaired) electrons. The summed E-state index contributed by atoms with van der Waals surface area (Å²) in [5.74, 6) is 0. The Kier molecular flexibility index (Phi) is 1.59. The van der Waals surface area contributed by atoms with Gasteiger partial charge in [-0.3, -0.25) is 9.80 Å². The maximum Gasteiger partial charge on any atom is 0.101 e. The molecule has 0 bridgehead atoms. The SMILES string of the molecule is CN1C23c4c5c6c7c8c9c%10c%11c%12c(c%13c%14c2c2c4c4c6c6c%15c7c7c9c9c%10c%10c%12c%12c%13c%13c%14c%14c2c2c4c6c4c6c2c%14c2c%13c%13c%12c%10c%10c9c9c7c%15c4c4c9c%10c%13c2c64)C13C%111N(C)C581. The second kappa shape index (κ2) is 4.57. The van der Waals surface area contributed by atoms with Crippen molar-refractivity contribution < 1.29 is 0 Å². The highest BCUT2D eigenvalue weighted by atomic mass is 15.6. The Morgan fingerprint density at radius 3 is 0.500 bits per heavy atom. The van der Waals surface area contributed by atoms with Crippen LogP contribution < -0.4 is 0 Å². The molecule has 8 aliphatic rings. The molecule has 0 amide bonds.